The van der Waals surface area contributed by atoms with Crippen molar-refractivity contribution in [2.45, 2.75) is 13.8 Å². The molecule has 0 aliphatic carbocycles. The molecule has 5 aromatic rings. The molecular formula is C31H27FN2O4. The van der Waals surface area contributed by atoms with Crippen molar-refractivity contribution < 1.29 is 22.8 Å². The van der Waals surface area contributed by atoms with Gasteiger partial charge in [0.2, 0.25) is 0 Å². The molecule has 5 rings (SSSR count). The largest absolute Gasteiger partial charge is 0.472 e. The number of hydrogen-bond acceptors (Lipinski definition) is 4. The fourth-order valence-electron chi connectivity index (χ4n) is 4.41. The molecule has 0 radical (unpaired) electrons. The SMILES string of the molecule is CNC(=O)c1c(-c2ccc(F)cc2)oc2ccc(-c3ccc(-c4ccoc4)c(C(=O)NCC(C)C)c3)cc12. The Balaban J connectivity index is 1.63. The number of fused-ring (bicyclic) bond motifs is 1. The van der Waals surface area contributed by atoms with Crippen LogP contribution in [0.4, 0.5) is 4.39 Å². The number of carbonyl (C=O) groups excluding carboxylic acids is 2. The number of carbonyl (C=O) groups is 2. The third kappa shape index (κ3) is 4.83. The molecule has 0 aliphatic rings. The van der Waals surface area contributed by atoms with Gasteiger partial charge >= 0.3 is 0 Å². The molecular weight excluding hydrogens is 483 g/mol. The molecule has 2 heterocycles. The second kappa shape index (κ2) is 10.4. The molecule has 0 spiro atoms. The summed E-state index contributed by atoms with van der Waals surface area (Å²) in [6.07, 6.45) is 3.18. The smallest absolute Gasteiger partial charge is 0.255 e. The summed E-state index contributed by atoms with van der Waals surface area (Å²) >= 11 is 0. The van der Waals surface area contributed by atoms with Gasteiger partial charge in [-0.05, 0) is 71.1 Å². The first-order chi connectivity index (χ1) is 18.4. The highest BCUT2D eigenvalue weighted by Gasteiger charge is 2.22. The zero-order valence-electron chi connectivity index (χ0n) is 21.3. The van der Waals surface area contributed by atoms with Gasteiger partial charge in [-0.1, -0.05) is 32.0 Å². The Morgan fingerprint density at radius 3 is 2.26 bits per heavy atom. The molecule has 0 atom stereocenters. The zero-order valence-corrected chi connectivity index (χ0v) is 21.3. The Morgan fingerprint density at radius 1 is 0.868 bits per heavy atom. The summed E-state index contributed by atoms with van der Waals surface area (Å²) in [7, 11) is 1.55. The predicted molar refractivity (Wildman–Crippen MR) is 145 cm³/mol. The van der Waals surface area contributed by atoms with E-state index in [0.717, 1.165) is 22.3 Å². The van der Waals surface area contributed by atoms with Gasteiger partial charge < -0.3 is 19.5 Å². The molecule has 0 fully saturated rings. The van der Waals surface area contributed by atoms with Crippen molar-refractivity contribution >= 4 is 22.8 Å². The highest BCUT2D eigenvalue weighted by molar-refractivity contribution is 6.12. The van der Waals surface area contributed by atoms with E-state index in [2.05, 4.69) is 10.6 Å². The molecule has 6 nitrogen and oxygen atoms in total. The monoisotopic (exact) mass is 510 g/mol. The van der Waals surface area contributed by atoms with E-state index in [1.807, 2.05) is 50.2 Å². The molecule has 0 saturated carbocycles. The molecule has 0 aliphatic heterocycles. The number of halogens is 1. The van der Waals surface area contributed by atoms with Gasteiger partial charge in [0.15, 0.2) is 0 Å². The van der Waals surface area contributed by atoms with E-state index in [-0.39, 0.29) is 17.6 Å². The van der Waals surface area contributed by atoms with Gasteiger partial charge in [-0.15, -0.1) is 0 Å². The lowest BCUT2D eigenvalue weighted by Gasteiger charge is -2.13. The summed E-state index contributed by atoms with van der Waals surface area (Å²) in [5.74, 6) is -0.196. The number of furan rings is 2. The van der Waals surface area contributed by atoms with Crippen LogP contribution in [0, 0.1) is 11.7 Å². The summed E-state index contributed by atoms with van der Waals surface area (Å²) in [6.45, 7) is 4.63. The number of rotatable bonds is 7. The molecule has 192 valence electrons. The number of benzene rings is 3. The lowest BCUT2D eigenvalue weighted by molar-refractivity contribution is 0.0946. The summed E-state index contributed by atoms with van der Waals surface area (Å²) in [4.78, 5) is 26.1. The van der Waals surface area contributed by atoms with Gasteiger partial charge in [0.05, 0.1) is 18.1 Å². The molecule has 0 saturated heterocycles. The van der Waals surface area contributed by atoms with Gasteiger partial charge in [-0.25, -0.2) is 4.39 Å². The number of hydrogen-bond donors (Lipinski definition) is 2. The average molecular weight is 511 g/mol. The van der Waals surface area contributed by atoms with Crippen LogP contribution in [0.3, 0.4) is 0 Å². The maximum Gasteiger partial charge on any atom is 0.255 e. The van der Waals surface area contributed by atoms with Gasteiger partial charge in [0.25, 0.3) is 11.8 Å². The number of amides is 2. The molecule has 38 heavy (non-hydrogen) atoms. The van der Waals surface area contributed by atoms with Crippen LogP contribution in [0.2, 0.25) is 0 Å². The highest BCUT2D eigenvalue weighted by atomic mass is 19.1. The minimum absolute atomic E-state index is 0.175. The van der Waals surface area contributed by atoms with Crippen molar-refractivity contribution in [1.29, 1.82) is 0 Å². The Bertz CT molecular complexity index is 1620. The molecule has 7 heteroatoms. The van der Waals surface area contributed by atoms with E-state index in [0.29, 0.717) is 45.9 Å². The van der Waals surface area contributed by atoms with Crippen molar-refractivity contribution in [1.82, 2.24) is 10.6 Å². The molecule has 0 bridgehead atoms. The van der Waals surface area contributed by atoms with Gasteiger partial charge in [-0.3, -0.25) is 9.59 Å². The highest BCUT2D eigenvalue weighted by Crippen LogP contribution is 2.37. The first kappa shape index (κ1) is 25.0. The van der Waals surface area contributed by atoms with Crippen LogP contribution in [-0.4, -0.2) is 25.4 Å². The van der Waals surface area contributed by atoms with Crippen LogP contribution >= 0.6 is 0 Å². The first-order valence-electron chi connectivity index (χ1n) is 12.4. The third-order valence-electron chi connectivity index (χ3n) is 6.35. The van der Waals surface area contributed by atoms with Crippen LogP contribution in [0.15, 0.2) is 88.1 Å². The van der Waals surface area contributed by atoms with Crippen molar-refractivity contribution in [2.75, 3.05) is 13.6 Å². The van der Waals surface area contributed by atoms with E-state index in [4.69, 9.17) is 8.83 Å². The molecule has 3 aromatic carbocycles. The standard InChI is InChI=1S/C31H27FN2O4/c1-18(2)16-34-30(35)25-14-20(6-10-24(25)22-12-13-37-17-22)21-7-11-27-26(15-21)28(31(36)33-3)29(38-27)19-4-8-23(32)9-5-19/h4-15,17-18H,16H2,1-3H3,(H,33,36)(H,34,35). The van der Waals surface area contributed by atoms with E-state index < -0.39 is 0 Å². The summed E-state index contributed by atoms with van der Waals surface area (Å²) in [6, 6.07) is 18.9. The Hall–Kier alpha value is -4.65. The van der Waals surface area contributed by atoms with E-state index in [1.165, 1.54) is 12.1 Å². The van der Waals surface area contributed by atoms with Crippen molar-refractivity contribution in [2.24, 2.45) is 5.92 Å². The molecule has 0 unspecified atom stereocenters. The first-order valence-corrected chi connectivity index (χ1v) is 12.4. The van der Waals surface area contributed by atoms with Gasteiger partial charge in [-0.2, -0.15) is 0 Å². The van der Waals surface area contributed by atoms with Crippen LogP contribution in [0.1, 0.15) is 34.6 Å². The fourth-order valence-corrected chi connectivity index (χ4v) is 4.41. The lowest BCUT2D eigenvalue weighted by Crippen LogP contribution is -2.27. The Kier molecular flexibility index (Phi) is 6.83. The second-order valence-electron chi connectivity index (χ2n) is 9.48. The minimum Gasteiger partial charge on any atom is -0.472 e. The Morgan fingerprint density at radius 2 is 1.58 bits per heavy atom. The molecule has 2 amide bonds. The van der Waals surface area contributed by atoms with Crippen LogP contribution in [0.5, 0.6) is 0 Å². The topological polar surface area (TPSA) is 84.5 Å². The summed E-state index contributed by atoms with van der Waals surface area (Å²) < 4.78 is 24.8. The normalized spacial score (nSPS) is 11.2. The third-order valence-corrected chi connectivity index (χ3v) is 6.35. The fraction of sp³-hybridized carbons (Fsp3) is 0.161. The summed E-state index contributed by atoms with van der Waals surface area (Å²) in [5.41, 5.74) is 5.19. The average Bonchev–Trinajstić information content (AvgIpc) is 3.59. The number of nitrogens with one attached hydrogen (secondary N) is 2. The summed E-state index contributed by atoms with van der Waals surface area (Å²) in [5, 5.41) is 6.29. The lowest BCUT2D eigenvalue weighted by atomic mass is 9.94. The van der Waals surface area contributed by atoms with Gasteiger partial charge in [0.1, 0.15) is 17.2 Å². The molecule has 2 N–H and O–H groups in total. The Labute approximate surface area is 219 Å². The van der Waals surface area contributed by atoms with Crippen LogP contribution < -0.4 is 10.6 Å². The quantitative estimate of drug-likeness (QED) is 0.249. The van der Waals surface area contributed by atoms with Crippen LogP contribution in [-0.2, 0) is 0 Å². The maximum atomic E-state index is 13.5. The van der Waals surface area contributed by atoms with Crippen molar-refractivity contribution in [3.63, 3.8) is 0 Å². The minimum atomic E-state index is -0.374. The van der Waals surface area contributed by atoms with Crippen molar-refractivity contribution in [3.05, 3.63) is 96.2 Å². The van der Waals surface area contributed by atoms with Crippen LogP contribution in [0.25, 0.3) is 44.5 Å². The van der Waals surface area contributed by atoms with E-state index in [9.17, 15) is 14.0 Å². The molecule has 2 aromatic heterocycles. The van der Waals surface area contributed by atoms with Gasteiger partial charge in [0, 0.05) is 35.7 Å². The second-order valence-corrected chi connectivity index (χ2v) is 9.48. The van der Waals surface area contributed by atoms with Crippen molar-refractivity contribution in [3.8, 4) is 33.6 Å². The van der Waals surface area contributed by atoms with E-state index >= 15 is 0 Å². The maximum absolute atomic E-state index is 13.5. The zero-order chi connectivity index (χ0) is 26.8. The predicted octanol–water partition coefficient (Wildman–Crippen LogP) is 6.91. The van der Waals surface area contributed by atoms with E-state index in [1.54, 1.807) is 37.8 Å².